The SMILES string of the molecule is Cc1c(Br)cccc1C(Br)c1ccc(Br)c2ccccc12. The molecule has 0 radical (unpaired) electrons. The Morgan fingerprint density at radius 2 is 1.43 bits per heavy atom. The zero-order chi connectivity index (χ0) is 15.0. The molecule has 3 aromatic carbocycles. The maximum Gasteiger partial charge on any atom is 0.0653 e. The highest BCUT2D eigenvalue weighted by Crippen LogP contribution is 2.39. The Balaban J connectivity index is 2.21. The molecule has 3 rings (SSSR count). The fourth-order valence-electron chi connectivity index (χ4n) is 2.57. The zero-order valence-corrected chi connectivity index (χ0v) is 16.2. The zero-order valence-electron chi connectivity index (χ0n) is 11.4. The third-order valence-corrected chi connectivity index (χ3v) is 6.30. The van der Waals surface area contributed by atoms with Crippen molar-refractivity contribution in [1.29, 1.82) is 0 Å². The lowest BCUT2D eigenvalue weighted by molar-refractivity contribution is 1.15. The number of hydrogen-bond acceptors (Lipinski definition) is 0. The number of alkyl halides is 1. The van der Waals surface area contributed by atoms with Gasteiger partial charge >= 0.3 is 0 Å². The van der Waals surface area contributed by atoms with Gasteiger partial charge in [0.05, 0.1) is 4.83 Å². The van der Waals surface area contributed by atoms with Crippen molar-refractivity contribution in [3.05, 3.63) is 80.2 Å². The van der Waals surface area contributed by atoms with Crippen LogP contribution in [0.25, 0.3) is 10.8 Å². The lowest BCUT2D eigenvalue weighted by Gasteiger charge is -2.17. The lowest BCUT2D eigenvalue weighted by atomic mass is 9.96. The Hall–Kier alpha value is -0.640. The summed E-state index contributed by atoms with van der Waals surface area (Å²) in [6.07, 6.45) is 0. The Bertz CT molecular complexity index is 809. The highest BCUT2D eigenvalue weighted by Gasteiger charge is 2.17. The summed E-state index contributed by atoms with van der Waals surface area (Å²) in [4.78, 5) is 0.174. The van der Waals surface area contributed by atoms with Gasteiger partial charge in [0.2, 0.25) is 0 Å². The smallest absolute Gasteiger partial charge is 0.0653 e. The molecule has 3 heteroatoms. The van der Waals surface area contributed by atoms with Gasteiger partial charge in [-0.05, 0) is 46.5 Å². The molecular formula is C18H13Br3. The van der Waals surface area contributed by atoms with Crippen molar-refractivity contribution in [1.82, 2.24) is 0 Å². The summed E-state index contributed by atoms with van der Waals surface area (Å²) < 4.78 is 2.28. The average Bonchev–Trinajstić information content (AvgIpc) is 2.50. The summed E-state index contributed by atoms with van der Waals surface area (Å²) in [7, 11) is 0. The van der Waals surface area contributed by atoms with Crippen LogP contribution in [-0.2, 0) is 0 Å². The summed E-state index contributed by atoms with van der Waals surface area (Å²) >= 11 is 11.1. The van der Waals surface area contributed by atoms with Crippen LogP contribution in [0.2, 0.25) is 0 Å². The molecular weight excluding hydrogens is 456 g/mol. The van der Waals surface area contributed by atoms with Crippen molar-refractivity contribution in [2.45, 2.75) is 11.8 Å². The van der Waals surface area contributed by atoms with Crippen LogP contribution in [0.5, 0.6) is 0 Å². The van der Waals surface area contributed by atoms with Crippen LogP contribution in [0, 0.1) is 6.92 Å². The molecule has 0 spiro atoms. The molecule has 3 aromatic rings. The molecule has 0 aliphatic heterocycles. The Morgan fingerprint density at radius 3 is 2.19 bits per heavy atom. The lowest BCUT2D eigenvalue weighted by Crippen LogP contribution is -1.97. The van der Waals surface area contributed by atoms with E-state index in [0.717, 1.165) is 8.95 Å². The van der Waals surface area contributed by atoms with Crippen molar-refractivity contribution in [3.8, 4) is 0 Å². The van der Waals surface area contributed by atoms with E-state index >= 15 is 0 Å². The van der Waals surface area contributed by atoms with Crippen molar-refractivity contribution in [2.24, 2.45) is 0 Å². The quantitative estimate of drug-likeness (QED) is 0.350. The molecule has 0 N–H and O–H groups in total. The summed E-state index contributed by atoms with van der Waals surface area (Å²) in [5.74, 6) is 0. The van der Waals surface area contributed by atoms with Gasteiger partial charge in [0.1, 0.15) is 0 Å². The van der Waals surface area contributed by atoms with Gasteiger partial charge in [-0.25, -0.2) is 0 Å². The molecule has 0 amide bonds. The van der Waals surface area contributed by atoms with Crippen molar-refractivity contribution in [3.63, 3.8) is 0 Å². The predicted octanol–water partition coefficient (Wildman–Crippen LogP) is 7.16. The van der Waals surface area contributed by atoms with Crippen molar-refractivity contribution < 1.29 is 0 Å². The van der Waals surface area contributed by atoms with E-state index in [1.165, 1.54) is 27.5 Å². The molecule has 0 saturated carbocycles. The monoisotopic (exact) mass is 466 g/mol. The van der Waals surface area contributed by atoms with E-state index in [2.05, 4.69) is 109 Å². The largest absolute Gasteiger partial charge is 0.0786 e. The molecule has 0 fully saturated rings. The average molecular weight is 469 g/mol. The molecule has 1 unspecified atom stereocenters. The highest BCUT2D eigenvalue weighted by atomic mass is 79.9. The van der Waals surface area contributed by atoms with Gasteiger partial charge in [-0.1, -0.05) is 90.3 Å². The van der Waals surface area contributed by atoms with Crippen LogP contribution < -0.4 is 0 Å². The second-order valence-electron chi connectivity index (χ2n) is 5.00. The fraction of sp³-hybridized carbons (Fsp3) is 0.111. The highest BCUT2D eigenvalue weighted by molar-refractivity contribution is 9.11. The molecule has 1 atom stereocenters. The van der Waals surface area contributed by atoms with E-state index in [1.54, 1.807) is 0 Å². The van der Waals surface area contributed by atoms with Crippen molar-refractivity contribution in [2.75, 3.05) is 0 Å². The summed E-state index contributed by atoms with van der Waals surface area (Å²) in [5.41, 5.74) is 3.85. The van der Waals surface area contributed by atoms with Gasteiger partial charge in [0, 0.05) is 8.95 Å². The molecule has 0 heterocycles. The first-order chi connectivity index (χ1) is 10.1. The van der Waals surface area contributed by atoms with Gasteiger partial charge < -0.3 is 0 Å². The number of fused-ring (bicyclic) bond motifs is 1. The molecule has 21 heavy (non-hydrogen) atoms. The molecule has 0 bridgehead atoms. The third kappa shape index (κ3) is 2.84. The molecule has 106 valence electrons. The van der Waals surface area contributed by atoms with E-state index in [9.17, 15) is 0 Å². The number of hydrogen-bond donors (Lipinski definition) is 0. The van der Waals surface area contributed by atoms with Crippen molar-refractivity contribution >= 4 is 58.6 Å². The minimum Gasteiger partial charge on any atom is -0.0786 e. The Kier molecular flexibility index (Phi) is 4.53. The van der Waals surface area contributed by atoms with Gasteiger partial charge in [-0.2, -0.15) is 0 Å². The minimum absolute atomic E-state index is 0.174. The Morgan fingerprint density at radius 1 is 0.714 bits per heavy atom. The van der Waals surface area contributed by atoms with Crippen LogP contribution in [0.1, 0.15) is 21.5 Å². The van der Waals surface area contributed by atoms with E-state index in [-0.39, 0.29) is 4.83 Å². The third-order valence-electron chi connectivity index (χ3n) is 3.76. The fourth-order valence-corrected chi connectivity index (χ4v) is 4.33. The first-order valence-electron chi connectivity index (χ1n) is 6.66. The Labute approximate surface area is 150 Å². The maximum absolute atomic E-state index is 3.89. The van der Waals surface area contributed by atoms with Gasteiger partial charge in [-0.15, -0.1) is 0 Å². The van der Waals surface area contributed by atoms with Crippen LogP contribution in [0.4, 0.5) is 0 Å². The van der Waals surface area contributed by atoms with Crippen LogP contribution in [0.3, 0.4) is 0 Å². The molecule has 0 saturated heterocycles. The van der Waals surface area contributed by atoms with E-state index < -0.39 is 0 Å². The predicted molar refractivity (Wildman–Crippen MR) is 101 cm³/mol. The van der Waals surface area contributed by atoms with E-state index in [1.807, 2.05) is 0 Å². The second-order valence-corrected chi connectivity index (χ2v) is 7.62. The summed E-state index contributed by atoms with van der Waals surface area (Å²) in [6.45, 7) is 2.15. The van der Waals surface area contributed by atoms with Gasteiger partial charge in [0.15, 0.2) is 0 Å². The second kappa shape index (κ2) is 6.23. The van der Waals surface area contributed by atoms with Gasteiger partial charge in [0.25, 0.3) is 0 Å². The topological polar surface area (TPSA) is 0 Å². The van der Waals surface area contributed by atoms with Crippen LogP contribution in [0.15, 0.2) is 63.5 Å². The minimum atomic E-state index is 0.174. The van der Waals surface area contributed by atoms with Crippen LogP contribution >= 0.6 is 47.8 Å². The number of halogens is 3. The first kappa shape index (κ1) is 15.3. The molecule has 0 aliphatic rings. The molecule has 0 aliphatic carbocycles. The normalized spacial score (nSPS) is 12.6. The maximum atomic E-state index is 3.89. The van der Waals surface area contributed by atoms with Gasteiger partial charge in [-0.3, -0.25) is 0 Å². The number of rotatable bonds is 2. The summed E-state index contributed by atoms with van der Waals surface area (Å²) in [6, 6.07) is 19.1. The van der Waals surface area contributed by atoms with E-state index in [4.69, 9.17) is 0 Å². The van der Waals surface area contributed by atoms with E-state index in [0.29, 0.717) is 0 Å². The molecule has 0 nitrogen and oxygen atoms in total. The standard InChI is InChI=1S/C18H13Br3/c1-11-12(7-4-8-16(11)19)18(21)15-9-10-17(20)14-6-3-2-5-13(14)15/h2-10,18H,1H3. The summed E-state index contributed by atoms with van der Waals surface area (Å²) in [5, 5.41) is 2.51. The first-order valence-corrected chi connectivity index (χ1v) is 9.16. The van der Waals surface area contributed by atoms with Crippen LogP contribution in [-0.4, -0.2) is 0 Å². The molecule has 0 aromatic heterocycles. The number of benzene rings is 3.